The number of para-hydroxylation sites is 1. The number of aliphatic hydroxyl groups excluding tert-OH is 1. The average Bonchev–Trinajstić information content (AvgIpc) is 1.62. The van der Waals surface area contributed by atoms with Crippen LogP contribution in [-0.2, 0) is 46.0 Å². The zero-order valence-electron chi connectivity index (χ0n) is 69.1. The molecular formula is C89H76F4N18O12S5. The molecule has 30 nitrogen and oxygen atoms in total. The van der Waals surface area contributed by atoms with E-state index in [1.165, 1.54) is 122 Å². The Balaban J connectivity index is 0.000000130. The van der Waals surface area contributed by atoms with E-state index in [4.69, 9.17) is 27.2 Å². The molecule has 0 fully saturated rings. The number of hydrogen-bond donors (Lipinski definition) is 4. The number of aryl methyl sites for hydroxylation is 3. The topological polar surface area (TPSA) is 399 Å². The summed E-state index contributed by atoms with van der Waals surface area (Å²) in [6.45, 7) is 12.1. The maximum absolute atomic E-state index is 13.2. The fourth-order valence-corrected chi connectivity index (χ4v) is 15.9. The molecule has 18 rings (SSSR count). The van der Waals surface area contributed by atoms with Gasteiger partial charge in [-0.3, -0.25) is 49.3 Å². The number of Topliss-reactive ketones (excluding diaryl/α,β-unsaturated/α-hetero) is 4. The van der Waals surface area contributed by atoms with Crippen molar-refractivity contribution < 1.29 is 68.9 Å². The summed E-state index contributed by atoms with van der Waals surface area (Å²) in [7, 11) is 3.89. The highest BCUT2D eigenvalue weighted by Crippen LogP contribution is 2.41. The molecule has 0 saturated carbocycles. The number of nitro groups is 1. The summed E-state index contributed by atoms with van der Waals surface area (Å²) in [6.07, 6.45) is 2.39. The molecule has 13 heterocycles. The smallest absolute Gasteiger partial charge is 0.417 e. The van der Waals surface area contributed by atoms with Gasteiger partial charge in [-0.2, -0.15) is 43.4 Å². The number of thioether (sulfide) groups is 5. The van der Waals surface area contributed by atoms with Crippen LogP contribution < -0.4 is 0 Å². The molecule has 0 saturated heterocycles. The maximum Gasteiger partial charge on any atom is 0.417 e. The molecule has 0 unspecified atom stereocenters. The van der Waals surface area contributed by atoms with Gasteiger partial charge in [-0.05, 0) is 162 Å². The molecule has 0 atom stereocenters. The molecule has 2 aliphatic heterocycles. The Bertz CT molecular complexity index is 6890. The molecule has 16 aromatic rings. The lowest BCUT2D eigenvalue weighted by molar-refractivity contribution is -0.384. The number of aromatic amines is 3. The van der Waals surface area contributed by atoms with Crippen LogP contribution in [0.1, 0.15) is 68.9 Å². The number of nitro benzene ring substituents is 1. The lowest BCUT2D eigenvalue weighted by Gasteiger charge is -2.10. The van der Waals surface area contributed by atoms with Gasteiger partial charge < -0.3 is 36.3 Å². The van der Waals surface area contributed by atoms with Crippen molar-refractivity contribution in [3.8, 4) is 91.4 Å². The number of aromatic nitrogens is 13. The Morgan fingerprint density at radius 2 is 0.969 bits per heavy atom. The standard InChI is InChI=1S/C24H19FN4O2S.C18H16N4O2S.C17H13F3N2O2S.C16H13N3O4S.C14H15N5O2S/c1-15(30)14-32-24-26-23(27-28-24)22-9-8-21(31-22)18-4-7-20-17(12-18)10-11-29(20)13-16-2-5-19(25)6-3-16;1-11(23)10-25-18-19-17(20-21-18)16-7-6-15(24-16)13-4-3-5-14-12(13)8-9-22(14)2;1-10(23)9-25-16-8-13(21-22-16)15-7-6-14(24-15)11-4-2-3-5-12(11)17(18,19)20;1-10(20)9-24-16-8-12(17-18-16)15-7-6-14(23-15)11-4-2-3-5-13(11)19(21)22;1-8(20)7-22-14-15-13(16-17-14)12-5-4-11(21-12)10-6-19(3)18-9(10)2/h2-12H,13-14H2,1H3,(H,26,27,28);3-9H,10H2,1-2H3,(H,19,20,21);2-7H,8-9H2,1H3;2-7,20H,1,8-9H2;4-6H,7H2,1-3H3,(H,15,16,17). The summed E-state index contributed by atoms with van der Waals surface area (Å²) in [6, 6.07) is 52.4. The number of nitrogens with zero attached hydrogens (tertiary/aromatic N) is 15. The largest absolute Gasteiger partial charge is 0.512 e. The summed E-state index contributed by atoms with van der Waals surface area (Å²) >= 11 is 6.54. The number of carbonyl (C=O) groups excluding carboxylic acids is 4. The maximum atomic E-state index is 13.2. The SMILES string of the molecule is C=C(O)CSC1=NN=C(c2ccc(-c3ccccc3[N+](=O)[O-])o2)C1.CC(=O)CSC1=NN=C(c2ccc(-c3ccccc3C(F)(F)F)o2)C1.CC(=O)CSc1n[nH]c(-c2ccc(-c3ccc4c(ccn4Cc4ccc(F)cc4)c3)o2)n1.CC(=O)CSc1n[nH]c(-c2ccc(-c3cccc4c3ccn4C)o2)n1.CC(=O)CSc1n[nH]c(-c2ccc(-c3cn(C)nc3C)o2)n1. The lowest BCUT2D eigenvalue weighted by Crippen LogP contribution is -2.06. The van der Waals surface area contributed by atoms with Crippen LogP contribution in [0, 0.1) is 22.9 Å². The Kier molecular flexibility index (Phi) is 28.9. The first-order valence-corrected chi connectivity index (χ1v) is 43.8. The third-order valence-electron chi connectivity index (χ3n) is 18.6. The van der Waals surface area contributed by atoms with Gasteiger partial charge >= 0.3 is 6.18 Å². The van der Waals surface area contributed by atoms with E-state index in [2.05, 4.69) is 117 Å². The molecule has 39 heteroatoms. The number of halogens is 4. The fraction of sp³-hybridized carbons (Fsp3) is 0.180. The van der Waals surface area contributed by atoms with Crippen LogP contribution in [0.15, 0.2) is 271 Å². The summed E-state index contributed by atoms with van der Waals surface area (Å²) in [5, 5.41) is 66.7. The summed E-state index contributed by atoms with van der Waals surface area (Å²) in [4.78, 5) is 67.9. The van der Waals surface area contributed by atoms with Crippen molar-refractivity contribution in [2.45, 2.75) is 75.7 Å². The highest BCUT2D eigenvalue weighted by atomic mass is 32.2. The van der Waals surface area contributed by atoms with Crippen LogP contribution in [-0.4, -0.2) is 148 Å². The van der Waals surface area contributed by atoms with Gasteiger partial charge in [0.1, 0.15) is 79.3 Å². The predicted molar refractivity (Wildman–Crippen MR) is 486 cm³/mol. The van der Waals surface area contributed by atoms with E-state index < -0.39 is 16.7 Å². The monoisotopic (exact) mass is 1820 g/mol. The number of furan rings is 5. The van der Waals surface area contributed by atoms with E-state index in [0.717, 1.165) is 78.1 Å². The van der Waals surface area contributed by atoms with Crippen molar-refractivity contribution in [2.75, 3.05) is 28.8 Å². The molecule has 0 amide bonds. The van der Waals surface area contributed by atoms with Crippen molar-refractivity contribution in [1.29, 1.82) is 0 Å². The first kappa shape index (κ1) is 90.2. The number of ketones is 4. The highest BCUT2D eigenvalue weighted by molar-refractivity contribution is 8.14. The molecule has 0 radical (unpaired) electrons. The van der Waals surface area contributed by atoms with E-state index in [1.807, 2.05) is 94.2 Å². The quantitative estimate of drug-likeness (QED) is 0.0129. The Hall–Kier alpha value is -14.0. The van der Waals surface area contributed by atoms with Crippen molar-refractivity contribution >= 4 is 131 Å². The second-order valence-electron chi connectivity index (χ2n) is 28.6. The Labute approximate surface area is 747 Å². The van der Waals surface area contributed by atoms with Gasteiger partial charge in [0, 0.05) is 96.6 Å². The number of nitrogens with one attached hydrogen (secondary N) is 3. The lowest BCUT2D eigenvalue weighted by atomic mass is 10.1. The zero-order valence-corrected chi connectivity index (χ0v) is 73.2. The molecule has 11 aromatic heterocycles. The normalized spacial score (nSPS) is 12.3. The predicted octanol–water partition coefficient (Wildman–Crippen LogP) is 20.9. The molecule has 128 heavy (non-hydrogen) atoms. The molecule has 4 N–H and O–H groups in total. The fourth-order valence-electron chi connectivity index (χ4n) is 12.7. The van der Waals surface area contributed by atoms with E-state index in [0.29, 0.717) is 138 Å². The minimum Gasteiger partial charge on any atom is -0.512 e. The Morgan fingerprint density at radius 1 is 0.508 bits per heavy atom. The number of rotatable bonds is 26. The van der Waals surface area contributed by atoms with E-state index in [-0.39, 0.29) is 51.7 Å². The van der Waals surface area contributed by atoms with Crippen LogP contribution in [0.2, 0.25) is 0 Å². The van der Waals surface area contributed by atoms with Crippen molar-refractivity contribution in [3.05, 3.63) is 257 Å². The molecule has 0 aliphatic carbocycles. The van der Waals surface area contributed by atoms with Crippen LogP contribution >= 0.6 is 58.8 Å². The molecule has 5 aromatic carbocycles. The molecular weight excluding hydrogens is 1750 g/mol. The molecule has 2 aliphatic rings. The zero-order chi connectivity index (χ0) is 90.3. The van der Waals surface area contributed by atoms with E-state index >= 15 is 0 Å². The van der Waals surface area contributed by atoms with Crippen molar-refractivity contribution in [1.82, 2.24) is 64.5 Å². The first-order valence-electron chi connectivity index (χ1n) is 38.9. The average molecular weight is 1830 g/mol. The van der Waals surface area contributed by atoms with Crippen molar-refractivity contribution in [3.63, 3.8) is 0 Å². The van der Waals surface area contributed by atoms with Gasteiger partial charge in [0.05, 0.1) is 61.8 Å². The molecule has 652 valence electrons. The summed E-state index contributed by atoms with van der Waals surface area (Å²) < 4.78 is 87.6. The summed E-state index contributed by atoms with van der Waals surface area (Å²) in [5.41, 5.74) is 7.92. The van der Waals surface area contributed by atoms with Crippen LogP contribution in [0.25, 0.3) is 113 Å². The molecule has 0 spiro atoms. The number of aliphatic hydroxyl groups is 1. The third kappa shape index (κ3) is 23.2. The highest BCUT2D eigenvalue weighted by Gasteiger charge is 2.35. The number of hydrogen-bond acceptors (Lipinski definition) is 28. The van der Waals surface area contributed by atoms with Crippen LogP contribution in [0.5, 0.6) is 0 Å². The number of alkyl halides is 3. The van der Waals surface area contributed by atoms with Gasteiger partial charge in [0.15, 0.2) is 46.3 Å². The second-order valence-corrected chi connectivity index (χ2v) is 33.5. The number of fused-ring (bicyclic) bond motifs is 2. The van der Waals surface area contributed by atoms with Gasteiger partial charge in [-0.25, -0.2) is 4.39 Å². The van der Waals surface area contributed by atoms with Crippen molar-refractivity contribution in [2.24, 2.45) is 34.5 Å². The first-order chi connectivity index (χ1) is 61.6. The molecule has 0 bridgehead atoms. The third-order valence-corrected chi connectivity index (χ3v) is 23.7. The van der Waals surface area contributed by atoms with E-state index in [1.54, 1.807) is 60.1 Å². The van der Waals surface area contributed by atoms with Gasteiger partial charge in [-0.1, -0.05) is 96.5 Å². The van der Waals surface area contributed by atoms with Gasteiger partial charge in [0.25, 0.3) is 5.69 Å². The van der Waals surface area contributed by atoms with Crippen LogP contribution in [0.3, 0.4) is 0 Å². The minimum atomic E-state index is -4.46. The number of benzene rings is 5. The van der Waals surface area contributed by atoms with Gasteiger partial charge in [0.2, 0.25) is 15.5 Å². The second kappa shape index (κ2) is 41.0. The van der Waals surface area contributed by atoms with Crippen LogP contribution in [0.4, 0.5) is 23.2 Å². The van der Waals surface area contributed by atoms with E-state index in [9.17, 15) is 46.9 Å². The number of carbonyl (C=O) groups is 4. The Morgan fingerprint density at radius 3 is 1.49 bits per heavy atom. The minimum absolute atomic E-state index is 0.0132. The summed E-state index contributed by atoms with van der Waals surface area (Å²) in [5.74, 6) is 8.91. The van der Waals surface area contributed by atoms with Gasteiger partial charge in [-0.15, -0.1) is 49.0 Å². The number of H-pyrrole nitrogens is 3.